The van der Waals surface area contributed by atoms with Crippen LogP contribution in [-0.4, -0.2) is 48.7 Å². The number of carbonyl (C=O) groups excluding carboxylic acids is 1. The highest BCUT2D eigenvalue weighted by atomic mass is 16.5. The van der Waals surface area contributed by atoms with E-state index < -0.39 is 0 Å². The zero-order valence-corrected chi connectivity index (χ0v) is 14.4. The van der Waals surface area contributed by atoms with Gasteiger partial charge in [0.2, 0.25) is 5.91 Å². The molecule has 1 N–H and O–H groups in total. The lowest BCUT2D eigenvalue weighted by atomic mass is 10.0. The first kappa shape index (κ1) is 16.5. The van der Waals surface area contributed by atoms with Crippen LogP contribution in [0.1, 0.15) is 31.4 Å². The van der Waals surface area contributed by atoms with Crippen LogP contribution in [-0.2, 0) is 16.0 Å². The molecule has 2 fully saturated rings. The normalized spacial score (nSPS) is 27.9. The van der Waals surface area contributed by atoms with Gasteiger partial charge in [-0.2, -0.15) is 0 Å². The molecule has 1 amide bonds. The van der Waals surface area contributed by atoms with Crippen LogP contribution in [0.3, 0.4) is 0 Å². The summed E-state index contributed by atoms with van der Waals surface area (Å²) in [7, 11) is 0. The van der Waals surface area contributed by atoms with Crippen LogP contribution in [0.5, 0.6) is 0 Å². The highest BCUT2D eigenvalue weighted by molar-refractivity contribution is 5.78. The van der Waals surface area contributed by atoms with Crippen LogP contribution in [0.2, 0.25) is 0 Å². The SMILES string of the molecule is Cc1ccc(CC(=O)N[C@H]2C[C@H]3CO[C@@H](C(C)C)CN3C2)cc1. The van der Waals surface area contributed by atoms with Gasteiger partial charge in [-0.1, -0.05) is 43.7 Å². The molecule has 1 aromatic carbocycles. The minimum Gasteiger partial charge on any atom is -0.375 e. The van der Waals surface area contributed by atoms with Crippen molar-refractivity contribution in [1.29, 1.82) is 0 Å². The van der Waals surface area contributed by atoms with E-state index >= 15 is 0 Å². The first-order valence-corrected chi connectivity index (χ1v) is 8.72. The van der Waals surface area contributed by atoms with Crippen LogP contribution >= 0.6 is 0 Å². The van der Waals surface area contributed by atoms with E-state index in [9.17, 15) is 4.79 Å². The fourth-order valence-electron chi connectivity index (χ4n) is 3.58. The number of nitrogens with zero attached hydrogens (tertiary/aromatic N) is 1. The van der Waals surface area contributed by atoms with Gasteiger partial charge in [-0.25, -0.2) is 0 Å². The number of hydrogen-bond acceptors (Lipinski definition) is 3. The van der Waals surface area contributed by atoms with Gasteiger partial charge < -0.3 is 10.1 Å². The standard InChI is InChI=1S/C19H28N2O2/c1-13(2)18-11-21-10-16(9-17(21)12-23-18)20-19(22)8-15-6-4-14(3)5-7-15/h4-7,13,16-18H,8-12H2,1-3H3,(H,20,22)/t16-,17-,18+/m0/s1. The second-order valence-corrected chi connectivity index (χ2v) is 7.39. The lowest BCUT2D eigenvalue weighted by Crippen LogP contribution is -2.48. The van der Waals surface area contributed by atoms with Gasteiger partial charge in [-0.3, -0.25) is 9.69 Å². The molecule has 0 unspecified atom stereocenters. The van der Waals surface area contributed by atoms with Crippen molar-refractivity contribution >= 4 is 5.91 Å². The average Bonchev–Trinajstić information content (AvgIpc) is 2.90. The molecule has 2 aliphatic heterocycles. The molecule has 1 aromatic rings. The largest absolute Gasteiger partial charge is 0.375 e. The lowest BCUT2D eigenvalue weighted by molar-refractivity contribution is -0.121. The summed E-state index contributed by atoms with van der Waals surface area (Å²) in [6.45, 7) is 9.23. The van der Waals surface area contributed by atoms with Crippen molar-refractivity contribution < 1.29 is 9.53 Å². The molecule has 4 nitrogen and oxygen atoms in total. The van der Waals surface area contributed by atoms with Crippen molar-refractivity contribution in [2.75, 3.05) is 19.7 Å². The summed E-state index contributed by atoms with van der Waals surface area (Å²) >= 11 is 0. The van der Waals surface area contributed by atoms with Crippen molar-refractivity contribution in [2.45, 2.75) is 51.8 Å². The van der Waals surface area contributed by atoms with Gasteiger partial charge in [0, 0.05) is 25.2 Å². The molecular weight excluding hydrogens is 288 g/mol. The summed E-state index contributed by atoms with van der Waals surface area (Å²) in [5.74, 6) is 0.672. The van der Waals surface area contributed by atoms with Crippen molar-refractivity contribution in [3.63, 3.8) is 0 Å². The number of ether oxygens (including phenoxy) is 1. The molecule has 0 radical (unpaired) electrons. The molecule has 2 saturated heterocycles. The maximum atomic E-state index is 12.3. The lowest BCUT2D eigenvalue weighted by Gasteiger charge is -2.36. The number of carbonyl (C=O) groups is 1. The molecule has 126 valence electrons. The molecule has 3 rings (SSSR count). The Balaban J connectivity index is 1.49. The Hall–Kier alpha value is -1.39. The molecule has 0 bridgehead atoms. The number of benzene rings is 1. The Morgan fingerprint density at radius 2 is 2.04 bits per heavy atom. The summed E-state index contributed by atoms with van der Waals surface area (Å²) in [5.41, 5.74) is 2.30. The Kier molecular flexibility index (Phi) is 5.02. The summed E-state index contributed by atoms with van der Waals surface area (Å²) in [6.07, 6.45) is 1.80. The fraction of sp³-hybridized carbons (Fsp3) is 0.632. The quantitative estimate of drug-likeness (QED) is 0.925. The Morgan fingerprint density at radius 3 is 2.74 bits per heavy atom. The number of hydrogen-bond donors (Lipinski definition) is 1. The summed E-state index contributed by atoms with van der Waals surface area (Å²) in [6, 6.07) is 8.91. The highest BCUT2D eigenvalue weighted by Gasteiger charge is 2.38. The van der Waals surface area contributed by atoms with Gasteiger partial charge in [0.05, 0.1) is 19.1 Å². The minimum absolute atomic E-state index is 0.125. The number of fused-ring (bicyclic) bond motifs is 1. The average molecular weight is 316 g/mol. The van der Waals surface area contributed by atoms with Crippen molar-refractivity contribution in [3.8, 4) is 0 Å². The van der Waals surface area contributed by atoms with E-state index in [2.05, 4.69) is 43.1 Å². The van der Waals surface area contributed by atoms with E-state index in [4.69, 9.17) is 4.74 Å². The zero-order chi connectivity index (χ0) is 16.4. The summed E-state index contributed by atoms with van der Waals surface area (Å²) < 4.78 is 5.96. The van der Waals surface area contributed by atoms with Crippen molar-refractivity contribution in [3.05, 3.63) is 35.4 Å². The maximum Gasteiger partial charge on any atom is 0.224 e. The number of morpholine rings is 1. The smallest absolute Gasteiger partial charge is 0.224 e. The monoisotopic (exact) mass is 316 g/mol. The molecule has 0 aromatic heterocycles. The molecule has 0 aliphatic carbocycles. The maximum absolute atomic E-state index is 12.3. The first-order valence-electron chi connectivity index (χ1n) is 8.72. The van der Waals surface area contributed by atoms with Crippen LogP contribution in [0.25, 0.3) is 0 Å². The van der Waals surface area contributed by atoms with Gasteiger partial charge in [-0.05, 0) is 24.8 Å². The molecule has 3 atom stereocenters. The predicted octanol–water partition coefficient (Wildman–Crippen LogP) is 2.15. The van der Waals surface area contributed by atoms with Gasteiger partial charge >= 0.3 is 0 Å². The van der Waals surface area contributed by atoms with Crippen LogP contribution < -0.4 is 5.32 Å². The van der Waals surface area contributed by atoms with E-state index in [0.29, 0.717) is 24.5 Å². The van der Waals surface area contributed by atoms with Gasteiger partial charge in [-0.15, -0.1) is 0 Å². The van der Waals surface area contributed by atoms with Crippen LogP contribution in [0, 0.1) is 12.8 Å². The first-order chi connectivity index (χ1) is 11.0. The third-order valence-electron chi connectivity index (χ3n) is 5.04. The van der Waals surface area contributed by atoms with Gasteiger partial charge in [0.25, 0.3) is 0 Å². The van der Waals surface area contributed by atoms with Crippen LogP contribution in [0.4, 0.5) is 0 Å². The van der Waals surface area contributed by atoms with Crippen molar-refractivity contribution in [2.24, 2.45) is 5.92 Å². The fourth-order valence-corrected chi connectivity index (χ4v) is 3.58. The predicted molar refractivity (Wildman–Crippen MR) is 91.4 cm³/mol. The second-order valence-electron chi connectivity index (χ2n) is 7.39. The zero-order valence-electron chi connectivity index (χ0n) is 14.4. The molecule has 4 heteroatoms. The molecular formula is C19H28N2O2. The third kappa shape index (κ3) is 4.12. The number of amides is 1. The molecule has 23 heavy (non-hydrogen) atoms. The van der Waals surface area contributed by atoms with E-state index in [0.717, 1.165) is 31.7 Å². The Morgan fingerprint density at radius 1 is 1.30 bits per heavy atom. The molecule has 0 saturated carbocycles. The van der Waals surface area contributed by atoms with E-state index in [-0.39, 0.29) is 11.9 Å². The Labute approximate surface area is 139 Å². The summed E-state index contributed by atoms with van der Waals surface area (Å²) in [5, 5.41) is 3.21. The Bertz CT molecular complexity index is 541. The molecule has 2 aliphatic rings. The highest BCUT2D eigenvalue weighted by Crippen LogP contribution is 2.25. The number of nitrogens with one attached hydrogen (secondary N) is 1. The van der Waals surface area contributed by atoms with Gasteiger partial charge in [0.15, 0.2) is 0 Å². The second kappa shape index (κ2) is 7.02. The number of aryl methyl sites for hydroxylation is 1. The van der Waals surface area contributed by atoms with E-state index in [1.54, 1.807) is 0 Å². The van der Waals surface area contributed by atoms with E-state index in [1.165, 1.54) is 5.56 Å². The minimum atomic E-state index is 0.125. The topological polar surface area (TPSA) is 41.6 Å². The van der Waals surface area contributed by atoms with Gasteiger partial charge in [0.1, 0.15) is 0 Å². The van der Waals surface area contributed by atoms with E-state index in [1.807, 2.05) is 12.1 Å². The van der Waals surface area contributed by atoms with Crippen LogP contribution in [0.15, 0.2) is 24.3 Å². The third-order valence-corrected chi connectivity index (χ3v) is 5.04. The van der Waals surface area contributed by atoms with Crippen molar-refractivity contribution in [1.82, 2.24) is 10.2 Å². The molecule has 2 heterocycles. The molecule has 0 spiro atoms. The summed E-state index contributed by atoms with van der Waals surface area (Å²) in [4.78, 5) is 14.8. The number of rotatable bonds is 4.